The summed E-state index contributed by atoms with van der Waals surface area (Å²) in [5, 5.41) is 2.63. The molecule has 0 aromatic heterocycles. The molecular weight excluding hydrogens is 162 g/mol. The molecule has 2 amide bonds. The molecule has 1 unspecified atom stereocenters. The maximum Gasteiger partial charge on any atom is 0.252 e. The van der Waals surface area contributed by atoms with Gasteiger partial charge in [-0.25, -0.2) is 0 Å². The fourth-order valence-corrected chi connectivity index (χ4v) is 1.29. The summed E-state index contributed by atoms with van der Waals surface area (Å²) in [6, 6.07) is 0. The first-order valence-electron chi connectivity index (χ1n) is 3.71. The molecular formula is C6H9N3O3. The van der Waals surface area contributed by atoms with Gasteiger partial charge in [0.2, 0.25) is 5.91 Å². The van der Waals surface area contributed by atoms with Crippen molar-refractivity contribution in [3.8, 4) is 0 Å². The number of rotatable bonds is 0. The maximum atomic E-state index is 11.2. The summed E-state index contributed by atoms with van der Waals surface area (Å²) in [6.45, 7) is 0.536. The van der Waals surface area contributed by atoms with Crippen molar-refractivity contribution in [3.63, 3.8) is 0 Å². The predicted molar refractivity (Wildman–Crippen MR) is 37.6 cm³/mol. The van der Waals surface area contributed by atoms with Crippen molar-refractivity contribution in [2.45, 2.75) is 6.17 Å². The van der Waals surface area contributed by atoms with E-state index in [4.69, 9.17) is 4.84 Å². The molecule has 2 fully saturated rings. The minimum Gasteiger partial charge on any atom is -0.351 e. The first kappa shape index (κ1) is 7.51. The smallest absolute Gasteiger partial charge is 0.252 e. The van der Waals surface area contributed by atoms with Crippen molar-refractivity contribution >= 4 is 11.8 Å². The number of nitrogens with one attached hydrogen (secondary N) is 2. The van der Waals surface area contributed by atoms with Gasteiger partial charge in [0, 0.05) is 0 Å². The fourth-order valence-electron chi connectivity index (χ4n) is 1.29. The molecule has 2 rings (SSSR count). The highest BCUT2D eigenvalue weighted by Crippen LogP contribution is 2.05. The van der Waals surface area contributed by atoms with Crippen molar-refractivity contribution < 1.29 is 14.4 Å². The van der Waals surface area contributed by atoms with E-state index in [1.807, 2.05) is 0 Å². The lowest BCUT2D eigenvalue weighted by molar-refractivity contribution is -0.167. The largest absolute Gasteiger partial charge is 0.351 e. The average molecular weight is 171 g/mol. The zero-order valence-electron chi connectivity index (χ0n) is 6.37. The van der Waals surface area contributed by atoms with E-state index in [1.165, 1.54) is 4.90 Å². The van der Waals surface area contributed by atoms with E-state index in [2.05, 4.69) is 10.8 Å². The van der Waals surface area contributed by atoms with Gasteiger partial charge in [-0.2, -0.15) is 5.48 Å². The van der Waals surface area contributed by atoms with Crippen molar-refractivity contribution in [2.75, 3.05) is 19.7 Å². The van der Waals surface area contributed by atoms with Gasteiger partial charge in [-0.1, -0.05) is 0 Å². The molecule has 0 aromatic carbocycles. The topological polar surface area (TPSA) is 70.7 Å². The van der Waals surface area contributed by atoms with E-state index in [9.17, 15) is 9.59 Å². The number of amides is 2. The van der Waals surface area contributed by atoms with Crippen LogP contribution in [0.1, 0.15) is 0 Å². The Balaban J connectivity index is 2.10. The molecule has 0 aromatic rings. The van der Waals surface area contributed by atoms with Crippen LogP contribution in [0.4, 0.5) is 0 Å². The van der Waals surface area contributed by atoms with Crippen LogP contribution in [-0.2, 0) is 14.4 Å². The summed E-state index contributed by atoms with van der Waals surface area (Å²) >= 11 is 0. The number of carbonyl (C=O) groups is 2. The molecule has 0 saturated carbocycles. The van der Waals surface area contributed by atoms with E-state index in [0.29, 0.717) is 6.54 Å². The zero-order valence-corrected chi connectivity index (χ0v) is 6.37. The quantitative estimate of drug-likeness (QED) is 0.434. The monoisotopic (exact) mass is 171 g/mol. The minimum absolute atomic E-state index is 0.00375. The molecule has 0 radical (unpaired) electrons. The summed E-state index contributed by atoms with van der Waals surface area (Å²) in [4.78, 5) is 28.3. The van der Waals surface area contributed by atoms with Gasteiger partial charge in [-0.3, -0.25) is 14.4 Å². The van der Waals surface area contributed by atoms with Crippen LogP contribution in [0, 0.1) is 0 Å². The molecule has 2 aliphatic rings. The second-order valence-corrected chi connectivity index (χ2v) is 2.75. The number of nitrogens with zero attached hydrogens (tertiary/aromatic N) is 1. The highest BCUT2D eigenvalue weighted by Gasteiger charge is 2.33. The molecule has 6 nitrogen and oxygen atoms in total. The Morgan fingerprint density at radius 2 is 2.33 bits per heavy atom. The maximum absolute atomic E-state index is 11.2. The number of hydrogen-bond donors (Lipinski definition) is 2. The molecule has 2 N–H and O–H groups in total. The molecule has 2 saturated heterocycles. The number of carbonyl (C=O) groups excluding carboxylic acids is 2. The van der Waals surface area contributed by atoms with Gasteiger partial charge in [0.15, 0.2) is 0 Å². The number of fused-ring (bicyclic) bond motifs is 1. The van der Waals surface area contributed by atoms with Crippen molar-refractivity contribution in [3.05, 3.63) is 0 Å². The average Bonchev–Trinajstić information content (AvgIpc) is 2.07. The summed E-state index contributed by atoms with van der Waals surface area (Å²) in [5.41, 5.74) is 2.66. The summed E-state index contributed by atoms with van der Waals surface area (Å²) in [5.74, 6) is -0.267. The zero-order chi connectivity index (χ0) is 8.55. The summed E-state index contributed by atoms with van der Waals surface area (Å²) in [7, 11) is 0. The van der Waals surface area contributed by atoms with E-state index < -0.39 is 0 Å². The van der Waals surface area contributed by atoms with Gasteiger partial charge in [0.05, 0.1) is 6.54 Å². The van der Waals surface area contributed by atoms with E-state index >= 15 is 0 Å². The summed E-state index contributed by atoms with van der Waals surface area (Å²) in [6.07, 6.45) is -0.205. The Labute approximate surface area is 68.8 Å². The molecule has 0 aliphatic carbocycles. The normalized spacial score (nSPS) is 29.7. The van der Waals surface area contributed by atoms with E-state index in [1.54, 1.807) is 0 Å². The molecule has 0 spiro atoms. The van der Waals surface area contributed by atoms with Crippen LogP contribution < -0.4 is 10.8 Å². The first-order valence-corrected chi connectivity index (χ1v) is 3.71. The molecule has 2 heterocycles. The van der Waals surface area contributed by atoms with Crippen LogP contribution in [0.2, 0.25) is 0 Å². The molecule has 6 heteroatoms. The van der Waals surface area contributed by atoms with Crippen LogP contribution in [0.15, 0.2) is 0 Å². The predicted octanol–water partition coefficient (Wildman–Crippen LogP) is -2.19. The molecule has 66 valence electrons. The van der Waals surface area contributed by atoms with Gasteiger partial charge in [-0.05, 0) is 0 Å². The molecule has 12 heavy (non-hydrogen) atoms. The second-order valence-electron chi connectivity index (χ2n) is 2.75. The SMILES string of the molecule is O=C1CN2C(=O)CONC2CN1. The lowest BCUT2D eigenvalue weighted by atomic mass is 10.3. The Morgan fingerprint density at radius 1 is 1.50 bits per heavy atom. The first-order chi connectivity index (χ1) is 5.77. The van der Waals surface area contributed by atoms with Gasteiger partial charge < -0.3 is 10.2 Å². The third kappa shape index (κ3) is 1.15. The van der Waals surface area contributed by atoms with E-state index in [-0.39, 0.29) is 31.1 Å². The Bertz CT molecular complexity index is 230. The number of hydroxylamine groups is 1. The highest BCUT2D eigenvalue weighted by atomic mass is 16.7. The number of hydrogen-bond acceptors (Lipinski definition) is 4. The minimum atomic E-state index is -0.205. The van der Waals surface area contributed by atoms with Gasteiger partial charge in [0.1, 0.15) is 19.3 Å². The highest BCUT2D eigenvalue weighted by molar-refractivity contribution is 5.87. The third-order valence-corrected chi connectivity index (χ3v) is 1.92. The lowest BCUT2D eigenvalue weighted by Gasteiger charge is -2.38. The fraction of sp³-hybridized carbons (Fsp3) is 0.667. The van der Waals surface area contributed by atoms with Crippen LogP contribution in [-0.4, -0.2) is 42.6 Å². The number of piperazine rings is 1. The van der Waals surface area contributed by atoms with Crippen molar-refractivity contribution in [2.24, 2.45) is 0 Å². The van der Waals surface area contributed by atoms with Crippen molar-refractivity contribution in [1.82, 2.24) is 15.7 Å². The van der Waals surface area contributed by atoms with Gasteiger partial charge >= 0.3 is 0 Å². The Hall–Kier alpha value is -1.14. The molecule has 2 aliphatic heterocycles. The van der Waals surface area contributed by atoms with Crippen LogP contribution in [0.3, 0.4) is 0 Å². The van der Waals surface area contributed by atoms with Gasteiger partial charge in [-0.15, -0.1) is 0 Å². The molecule has 1 atom stereocenters. The van der Waals surface area contributed by atoms with Crippen LogP contribution >= 0.6 is 0 Å². The van der Waals surface area contributed by atoms with Gasteiger partial charge in [0.25, 0.3) is 5.91 Å². The third-order valence-electron chi connectivity index (χ3n) is 1.92. The lowest BCUT2D eigenvalue weighted by Crippen LogP contribution is -2.65. The molecule has 0 bridgehead atoms. The Kier molecular flexibility index (Phi) is 1.70. The standard InChI is InChI=1S/C6H9N3O3/c10-5-2-9-4(1-7-5)8-12-3-6(9)11/h4,8H,1-3H2,(H,7,10). The van der Waals surface area contributed by atoms with E-state index in [0.717, 1.165) is 0 Å². The second kappa shape index (κ2) is 2.72. The Morgan fingerprint density at radius 3 is 3.17 bits per heavy atom. The van der Waals surface area contributed by atoms with Crippen LogP contribution in [0.5, 0.6) is 0 Å². The van der Waals surface area contributed by atoms with Crippen LogP contribution in [0.25, 0.3) is 0 Å². The summed E-state index contributed by atoms with van der Waals surface area (Å²) < 4.78 is 0. The van der Waals surface area contributed by atoms with Crippen molar-refractivity contribution in [1.29, 1.82) is 0 Å².